The summed E-state index contributed by atoms with van der Waals surface area (Å²) in [7, 11) is -0.674. The van der Waals surface area contributed by atoms with Crippen LogP contribution in [0.1, 0.15) is 58.4 Å². The van der Waals surface area contributed by atoms with Crippen LogP contribution in [0.3, 0.4) is 0 Å². The van der Waals surface area contributed by atoms with E-state index in [0.717, 1.165) is 18.4 Å². The zero-order valence-corrected chi connectivity index (χ0v) is 22.7. The highest BCUT2D eigenvalue weighted by Gasteiger charge is 2.68. The van der Waals surface area contributed by atoms with Crippen molar-refractivity contribution in [1.29, 1.82) is 0 Å². The predicted molar refractivity (Wildman–Crippen MR) is 140 cm³/mol. The fraction of sp³-hybridized carbons (Fsp3) is 0.731. The average molecular weight is 546 g/mol. The van der Waals surface area contributed by atoms with Crippen molar-refractivity contribution in [2.24, 2.45) is 23.0 Å². The summed E-state index contributed by atoms with van der Waals surface area (Å²) in [5.74, 6) is -0.0609. The lowest BCUT2D eigenvalue weighted by molar-refractivity contribution is -0.199. The largest absolute Gasteiger partial charge is 0.482 e. The maximum absolute atomic E-state index is 13.3. The van der Waals surface area contributed by atoms with E-state index in [1.165, 1.54) is 0 Å². The van der Waals surface area contributed by atoms with E-state index in [1.54, 1.807) is 0 Å². The predicted octanol–water partition coefficient (Wildman–Crippen LogP) is 4.05. The number of rotatable bonds is 11. The van der Waals surface area contributed by atoms with Gasteiger partial charge in [0.05, 0.1) is 30.2 Å². The number of carbonyl (C=O) groups is 1. The molecule has 4 fully saturated rings. The fourth-order valence-corrected chi connectivity index (χ4v) is 6.50. The molecule has 2 unspecified atom stereocenters. The standard InChI is InChI=1S/C26H39BF3N3O3.ClH/c1-24(2)18-14-20(24)25(3)21(15-18)35-27(36-25)22(13-17-9-5-4-6-10-17)33-23(34)19(11-7-8-12-31)32-16-26(28,29)30;/h4-6,9-10,18-22,32H,7-8,11-16,31H2,1-3H3,(H,33,34);1H/t18-,19?,20-,21+,22?,25-;/m0./s1. The Bertz CT molecular complexity index is 910. The molecule has 5 rings (SSSR count). The van der Waals surface area contributed by atoms with Crippen LogP contribution in [-0.2, 0) is 20.5 Å². The SMILES string of the molecule is CC1(C)[C@@H]2C[C@H]3OB(C(Cc4ccccc4)NC(=O)C(CCCCN)NCC(F)(F)F)O[C@@]3(C)[C@H]1C2.Cl. The minimum atomic E-state index is -4.41. The molecule has 0 aromatic heterocycles. The second-order valence-corrected chi connectivity index (χ2v) is 11.5. The van der Waals surface area contributed by atoms with Crippen molar-refractivity contribution in [1.82, 2.24) is 10.6 Å². The van der Waals surface area contributed by atoms with Crippen molar-refractivity contribution < 1.29 is 27.3 Å². The molecule has 1 heterocycles. The molecule has 4 aliphatic rings. The van der Waals surface area contributed by atoms with E-state index in [0.29, 0.717) is 37.6 Å². The topological polar surface area (TPSA) is 85.6 Å². The Morgan fingerprint density at radius 2 is 1.89 bits per heavy atom. The number of benzene rings is 1. The Labute approximate surface area is 224 Å². The first kappa shape index (κ1) is 30.2. The lowest BCUT2D eigenvalue weighted by atomic mass is 9.43. The molecule has 4 N–H and O–H groups in total. The summed E-state index contributed by atoms with van der Waals surface area (Å²) in [5, 5.41) is 5.40. The molecule has 1 amide bonds. The van der Waals surface area contributed by atoms with Crippen LogP contribution < -0.4 is 16.4 Å². The number of nitrogens with one attached hydrogen (secondary N) is 2. The number of halogens is 4. The van der Waals surface area contributed by atoms with Gasteiger partial charge in [-0.2, -0.15) is 13.2 Å². The van der Waals surface area contributed by atoms with Gasteiger partial charge < -0.3 is 20.4 Å². The zero-order valence-electron chi connectivity index (χ0n) is 21.9. The van der Waals surface area contributed by atoms with Gasteiger partial charge in [0.1, 0.15) is 0 Å². The van der Waals surface area contributed by atoms with Gasteiger partial charge >= 0.3 is 13.3 Å². The van der Waals surface area contributed by atoms with Gasteiger partial charge in [-0.15, -0.1) is 12.4 Å². The minimum absolute atomic E-state index is 0. The molecule has 1 aromatic carbocycles. The lowest BCUT2D eigenvalue weighted by Gasteiger charge is -2.64. The van der Waals surface area contributed by atoms with E-state index in [2.05, 4.69) is 31.4 Å². The second kappa shape index (κ2) is 11.8. The quantitative estimate of drug-likeness (QED) is 0.289. The molecule has 0 spiro atoms. The van der Waals surface area contributed by atoms with E-state index >= 15 is 0 Å². The Morgan fingerprint density at radius 1 is 1.19 bits per heavy atom. The molecule has 1 aliphatic heterocycles. The van der Waals surface area contributed by atoms with Gasteiger partial charge in [-0.3, -0.25) is 10.1 Å². The molecule has 1 aromatic rings. The van der Waals surface area contributed by atoms with Crippen LogP contribution >= 0.6 is 12.4 Å². The number of carbonyl (C=O) groups excluding carboxylic acids is 1. The first-order valence-corrected chi connectivity index (χ1v) is 13.1. The maximum atomic E-state index is 13.3. The Hall–Kier alpha value is -1.33. The van der Waals surface area contributed by atoms with Crippen LogP contribution in [0.5, 0.6) is 0 Å². The van der Waals surface area contributed by atoms with Gasteiger partial charge in [0.2, 0.25) is 5.91 Å². The number of alkyl halides is 3. The van der Waals surface area contributed by atoms with Crippen molar-refractivity contribution in [3.63, 3.8) is 0 Å². The van der Waals surface area contributed by atoms with Gasteiger partial charge in [-0.25, -0.2) is 0 Å². The van der Waals surface area contributed by atoms with Gasteiger partial charge in [-0.1, -0.05) is 50.6 Å². The van der Waals surface area contributed by atoms with Crippen LogP contribution in [0.15, 0.2) is 30.3 Å². The van der Waals surface area contributed by atoms with E-state index in [1.807, 2.05) is 30.3 Å². The average Bonchev–Trinajstić information content (AvgIpc) is 3.18. The molecule has 0 radical (unpaired) electrons. The molecule has 2 bridgehead atoms. The first-order chi connectivity index (χ1) is 16.9. The maximum Gasteiger partial charge on any atom is 0.482 e. The molecule has 6 nitrogen and oxygen atoms in total. The number of hydrogen-bond donors (Lipinski definition) is 3. The van der Waals surface area contributed by atoms with Crippen LogP contribution in [0.4, 0.5) is 13.2 Å². The third-order valence-electron chi connectivity index (χ3n) is 8.74. The zero-order chi connectivity index (χ0) is 26.1. The summed E-state index contributed by atoms with van der Waals surface area (Å²) in [6.07, 6.45) is -0.540. The fourth-order valence-electron chi connectivity index (χ4n) is 6.50. The highest BCUT2D eigenvalue weighted by Crippen LogP contribution is 2.65. The van der Waals surface area contributed by atoms with Gasteiger partial charge in [0, 0.05) is 0 Å². The molecule has 11 heteroatoms. The number of amides is 1. The van der Waals surface area contributed by atoms with Crippen molar-refractivity contribution in [2.75, 3.05) is 13.1 Å². The normalized spacial score (nSPS) is 29.5. The summed E-state index contributed by atoms with van der Waals surface area (Å²) in [5.41, 5.74) is 6.27. The van der Waals surface area contributed by atoms with Crippen LogP contribution in [0.2, 0.25) is 0 Å². The van der Waals surface area contributed by atoms with E-state index in [4.69, 9.17) is 15.0 Å². The first-order valence-electron chi connectivity index (χ1n) is 13.1. The highest BCUT2D eigenvalue weighted by molar-refractivity contribution is 6.48. The smallest absolute Gasteiger partial charge is 0.404 e. The molecule has 1 saturated heterocycles. The Morgan fingerprint density at radius 3 is 2.51 bits per heavy atom. The monoisotopic (exact) mass is 545 g/mol. The summed E-state index contributed by atoms with van der Waals surface area (Å²) in [6.45, 7) is 5.87. The molecule has 208 valence electrons. The second-order valence-electron chi connectivity index (χ2n) is 11.5. The summed E-state index contributed by atoms with van der Waals surface area (Å²) in [4.78, 5) is 13.3. The summed E-state index contributed by atoms with van der Waals surface area (Å²) >= 11 is 0. The van der Waals surface area contributed by atoms with Crippen molar-refractivity contribution in [2.45, 2.75) is 89.2 Å². The van der Waals surface area contributed by atoms with Crippen LogP contribution in [0, 0.1) is 17.3 Å². The molecular weight excluding hydrogens is 506 g/mol. The molecule has 37 heavy (non-hydrogen) atoms. The molecular formula is C26H40BClF3N3O3. The van der Waals surface area contributed by atoms with Crippen molar-refractivity contribution in [3.05, 3.63) is 35.9 Å². The Kier molecular flexibility index (Phi) is 9.65. The van der Waals surface area contributed by atoms with Crippen molar-refractivity contribution in [3.8, 4) is 0 Å². The minimum Gasteiger partial charge on any atom is -0.404 e. The molecule has 3 saturated carbocycles. The summed E-state index contributed by atoms with van der Waals surface area (Å²) in [6, 6.07) is 8.70. The highest BCUT2D eigenvalue weighted by atomic mass is 35.5. The van der Waals surface area contributed by atoms with E-state index in [-0.39, 0.29) is 30.3 Å². The number of nitrogens with two attached hydrogens (primary N) is 1. The molecule has 6 atom stereocenters. The van der Waals surface area contributed by atoms with Gasteiger partial charge in [0.25, 0.3) is 0 Å². The van der Waals surface area contributed by atoms with Crippen LogP contribution in [-0.4, -0.2) is 56.0 Å². The van der Waals surface area contributed by atoms with E-state index in [9.17, 15) is 18.0 Å². The molecule has 3 aliphatic carbocycles. The van der Waals surface area contributed by atoms with Gasteiger partial charge in [-0.05, 0) is 68.4 Å². The third kappa shape index (κ3) is 6.64. The van der Waals surface area contributed by atoms with Gasteiger partial charge in [0.15, 0.2) is 0 Å². The van der Waals surface area contributed by atoms with Crippen molar-refractivity contribution >= 4 is 25.4 Å². The third-order valence-corrected chi connectivity index (χ3v) is 8.74. The van der Waals surface area contributed by atoms with E-state index < -0.39 is 43.3 Å². The van der Waals surface area contributed by atoms with Crippen LogP contribution in [0.25, 0.3) is 0 Å². The lowest BCUT2D eigenvalue weighted by Crippen LogP contribution is -2.65. The number of unbranched alkanes of at least 4 members (excludes halogenated alkanes) is 1. The Balaban J connectivity index is 0.00000380. The number of hydrogen-bond acceptors (Lipinski definition) is 5. The summed E-state index contributed by atoms with van der Waals surface area (Å²) < 4.78 is 51.8.